The Balaban J connectivity index is 2.83. The summed E-state index contributed by atoms with van der Waals surface area (Å²) in [6.07, 6.45) is 1.11. The summed E-state index contributed by atoms with van der Waals surface area (Å²) in [5.74, 6) is 1.82. The van der Waals surface area contributed by atoms with Crippen molar-refractivity contribution in [2.75, 3.05) is 5.75 Å². The molecule has 1 heterocycles. The Bertz CT molecular complexity index is 404. The lowest BCUT2D eigenvalue weighted by Crippen LogP contribution is -2.27. The predicted octanol–water partition coefficient (Wildman–Crippen LogP) is 5.19. The first-order chi connectivity index (χ1) is 8.20. The zero-order valence-corrected chi connectivity index (χ0v) is 15.0. The monoisotopic (exact) mass is 350 g/mol. The van der Waals surface area contributed by atoms with E-state index < -0.39 is 10.8 Å². The van der Waals surface area contributed by atoms with Crippen molar-refractivity contribution in [3.05, 3.63) is 20.8 Å². The topological polar surface area (TPSA) is 17.1 Å². The van der Waals surface area contributed by atoms with Gasteiger partial charge in [0, 0.05) is 41.9 Å². The third-order valence-electron chi connectivity index (χ3n) is 2.78. The molecule has 0 fully saturated rings. The summed E-state index contributed by atoms with van der Waals surface area (Å²) >= 11 is 5.28. The van der Waals surface area contributed by atoms with Gasteiger partial charge in [0.05, 0.1) is 0 Å². The highest BCUT2D eigenvalue weighted by Gasteiger charge is 2.25. The first-order valence-corrected chi connectivity index (χ1v) is 9.31. The van der Waals surface area contributed by atoms with Crippen molar-refractivity contribution in [2.24, 2.45) is 5.92 Å². The second-order valence-corrected chi connectivity index (χ2v) is 10.2. The third-order valence-corrected chi connectivity index (χ3v) is 6.71. The fourth-order valence-corrected chi connectivity index (χ4v) is 4.66. The molecular weight excluding hydrogens is 328 g/mol. The number of thiophene rings is 1. The Morgan fingerprint density at radius 3 is 2.39 bits per heavy atom. The van der Waals surface area contributed by atoms with E-state index in [4.69, 9.17) is 0 Å². The predicted molar refractivity (Wildman–Crippen MR) is 87.0 cm³/mol. The Hall–Kier alpha value is 0.330. The molecule has 0 spiro atoms. The molecule has 0 saturated carbocycles. The number of rotatable bonds is 5. The van der Waals surface area contributed by atoms with Gasteiger partial charge in [-0.2, -0.15) is 0 Å². The van der Waals surface area contributed by atoms with Crippen LogP contribution in [0.3, 0.4) is 0 Å². The maximum atomic E-state index is 12.3. The molecule has 18 heavy (non-hydrogen) atoms. The summed E-state index contributed by atoms with van der Waals surface area (Å²) in [6, 6.07) is 2.18. The summed E-state index contributed by atoms with van der Waals surface area (Å²) in [7, 11) is -0.784. The zero-order valence-electron chi connectivity index (χ0n) is 11.8. The van der Waals surface area contributed by atoms with Crippen LogP contribution in [0.5, 0.6) is 0 Å². The molecule has 0 aromatic carbocycles. The summed E-state index contributed by atoms with van der Waals surface area (Å²) < 4.78 is 13.4. The molecule has 0 radical (unpaired) electrons. The molecule has 0 amide bonds. The van der Waals surface area contributed by atoms with Crippen molar-refractivity contribution in [2.45, 2.75) is 51.7 Å². The zero-order chi connectivity index (χ0) is 13.9. The van der Waals surface area contributed by atoms with Gasteiger partial charge in [-0.15, -0.1) is 11.3 Å². The first-order valence-electron chi connectivity index (χ1n) is 6.32. The summed E-state index contributed by atoms with van der Waals surface area (Å²) in [5, 5.41) is 2.11. The number of halogens is 1. The Labute approximate surface area is 126 Å². The molecule has 1 nitrogen and oxygen atoms in total. The van der Waals surface area contributed by atoms with E-state index in [2.05, 4.69) is 62.0 Å². The second-order valence-electron chi connectivity index (χ2n) is 6.12. The van der Waals surface area contributed by atoms with Crippen molar-refractivity contribution >= 4 is 38.1 Å². The minimum atomic E-state index is -0.784. The number of hydrogen-bond donors (Lipinski definition) is 0. The quantitative estimate of drug-likeness (QED) is 0.714. The minimum absolute atomic E-state index is 0.121. The van der Waals surface area contributed by atoms with Crippen LogP contribution in [0.2, 0.25) is 0 Å². The lowest BCUT2D eigenvalue weighted by Gasteiger charge is -2.23. The Kier molecular flexibility index (Phi) is 6.07. The highest BCUT2D eigenvalue weighted by atomic mass is 79.9. The minimum Gasteiger partial charge on any atom is -0.259 e. The average Bonchev–Trinajstić information content (AvgIpc) is 2.61. The Morgan fingerprint density at radius 2 is 2.00 bits per heavy atom. The van der Waals surface area contributed by atoms with E-state index in [1.165, 1.54) is 4.88 Å². The maximum Gasteiger partial charge on any atom is 0.0375 e. The van der Waals surface area contributed by atoms with Gasteiger partial charge in [0.1, 0.15) is 0 Å². The van der Waals surface area contributed by atoms with Gasteiger partial charge in [0.15, 0.2) is 0 Å². The van der Waals surface area contributed by atoms with Crippen LogP contribution in [0.4, 0.5) is 0 Å². The van der Waals surface area contributed by atoms with Gasteiger partial charge in [-0.05, 0) is 55.1 Å². The molecule has 104 valence electrons. The van der Waals surface area contributed by atoms with Crippen LogP contribution in [-0.4, -0.2) is 14.7 Å². The van der Waals surface area contributed by atoms with Gasteiger partial charge < -0.3 is 0 Å². The van der Waals surface area contributed by atoms with Crippen LogP contribution in [0.1, 0.15) is 51.8 Å². The van der Waals surface area contributed by atoms with Gasteiger partial charge >= 0.3 is 0 Å². The van der Waals surface area contributed by atoms with E-state index in [0.29, 0.717) is 11.8 Å². The molecule has 0 saturated heterocycles. The molecule has 0 unspecified atom stereocenters. The lowest BCUT2D eigenvalue weighted by molar-refractivity contribution is 0.526. The van der Waals surface area contributed by atoms with Crippen LogP contribution in [0, 0.1) is 5.92 Å². The van der Waals surface area contributed by atoms with E-state index in [1.54, 1.807) is 11.3 Å². The van der Waals surface area contributed by atoms with Crippen molar-refractivity contribution < 1.29 is 4.21 Å². The standard InChI is InChI=1S/C14H23BrOS2/c1-10(2)6-11(9-18(16)14(3,4)5)13-7-12(15)8-17-13/h7-8,10-11H,6,9H2,1-5H3/t11-,18-/m1/s1. The van der Waals surface area contributed by atoms with Crippen molar-refractivity contribution in [3.63, 3.8) is 0 Å². The fraction of sp³-hybridized carbons (Fsp3) is 0.714. The van der Waals surface area contributed by atoms with Gasteiger partial charge in [-0.3, -0.25) is 4.21 Å². The van der Waals surface area contributed by atoms with Gasteiger partial charge in [0.25, 0.3) is 0 Å². The van der Waals surface area contributed by atoms with E-state index in [1.807, 2.05) is 0 Å². The lowest BCUT2D eigenvalue weighted by atomic mass is 9.97. The van der Waals surface area contributed by atoms with Crippen LogP contribution in [0.15, 0.2) is 15.9 Å². The highest BCUT2D eigenvalue weighted by molar-refractivity contribution is 9.10. The van der Waals surface area contributed by atoms with Crippen molar-refractivity contribution in [1.29, 1.82) is 0 Å². The molecule has 0 bridgehead atoms. The summed E-state index contributed by atoms with van der Waals surface area (Å²) in [6.45, 7) is 10.6. The molecule has 1 aromatic rings. The van der Waals surface area contributed by atoms with Crippen LogP contribution >= 0.6 is 27.3 Å². The molecule has 4 heteroatoms. The van der Waals surface area contributed by atoms with E-state index in [0.717, 1.165) is 16.6 Å². The highest BCUT2D eigenvalue weighted by Crippen LogP contribution is 2.33. The SMILES string of the molecule is CC(C)C[C@H](C[S@@](=O)C(C)(C)C)c1cc(Br)cs1. The first kappa shape index (κ1) is 16.4. The fourth-order valence-electron chi connectivity index (χ4n) is 1.81. The van der Waals surface area contributed by atoms with Gasteiger partial charge in [-0.25, -0.2) is 0 Å². The molecule has 0 aliphatic rings. The largest absolute Gasteiger partial charge is 0.259 e. The normalized spacial score (nSPS) is 15.9. The summed E-state index contributed by atoms with van der Waals surface area (Å²) in [4.78, 5) is 1.35. The van der Waals surface area contributed by atoms with Gasteiger partial charge in [0.2, 0.25) is 0 Å². The average molecular weight is 351 g/mol. The molecule has 0 aliphatic carbocycles. The third kappa shape index (κ3) is 5.14. The van der Waals surface area contributed by atoms with E-state index in [-0.39, 0.29) is 4.75 Å². The molecule has 1 rings (SSSR count). The molecule has 0 aliphatic heterocycles. The van der Waals surface area contributed by atoms with Crippen molar-refractivity contribution in [3.8, 4) is 0 Å². The van der Waals surface area contributed by atoms with E-state index >= 15 is 0 Å². The van der Waals surface area contributed by atoms with E-state index in [9.17, 15) is 4.21 Å². The van der Waals surface area contributed by atoms with Gasteiger partial charge in [-0.1, -0.05) is 13.8 Å². The van der Waals surface area contributed by atoms with Crippen molar-refractivity contribution in [1.82, 2.24) is 0 Å². The second kappa shape index (κ2) is 6.67. The van der Waals surface area contributed by atoms with Crippen LogP contribution in [-0.2, 0) is 10.8 Å². The maximum absolute atomic E-state index is 12.3. The molecule has 1 aromatic heterocycles. The number of hydrogen-bond acceptors (Lipinski definition) is 2. The molecule has 0 N–H and O–H groups in total. The van der Waals surface area contributed by atoms with Crippen LogP contribution < -0.4 is 0 Å². The van der Waals surface area contributed by atoms with Crippen LogP contribution in [0.25, 0.3) is 0 Å². The molecule has 2 atom stereocenters. The smallest absolute Gasteiger partial charge is 0.0375 e. The molecular formula is C14H23BrOS2. The Morgan fingerprint density at radius 1 is 1.39 bits per heavy atom. The summed E-state index contributed by atoms with van der Waals surface area (Å²) in [5.41, 5.74) is 0.